The Hall–Kier alpha value is -1.27. The van der Waals surface area contributed by atoms with Crippen LogP contribution in [0.2, 0.25) is 0 Å². The first-order valence-electron chi connectivity index (χ1n) is 7.72. The van der Waals surface area contributed by atoms with Gasteiger partial charge in [0.1, 0.15) is 4.88 Å². The number of rotatable bonds is 6. The van der Waals surface area contributed by atoms with Gasteiger partial charge in [-0.25, -0.2) is 0 Å². The number of carbonyl (C=O) groups is 1. The number of ether oxygens (including phenoxy) is 1. The van der Waals surface area contributed by atoms with Crippen molar-refractivity contribution in [2.75, 3.05) is 37.4 Å². The van der Waals surface area contributed by atoms with Gasteiger partial charge in [0.2, 0.25) is 0 Å². The van der Waals surface area contributed by atoms with Gasteiger partial charge in [0.15, 0.2) is 0 Å². The second-order valence-electron chi connectivity index (χ2n) is 5.83. The van der Waals surface area contributed by atoms with E-state index in [1.54, 1.807) is 0 Å². The Morgan fingerprint density at radius 2 is 2.24 bits per heavy atom. The maximum atomic E-state index is 12.1. The molecule has 2 heterocycles. The monoisotopic (exact) mass is 309 g/mol. The van der Waals surface area contributed by atoms with Gasteiger partial charge in [-0.2, -0.15) is 0 Å². The summed E-state index contributed by atoms with van der Waals surface area (Å²) in [6.07, 6.45) is 3.46. The molecule has 0 bridgehead atoms. The molecule has 4 N–H and O–H groups in total. The summed E-state index contributed by atoms with van der Waals surface area (Å²) in [7, 11) is 0. The minimum atomic E-state index is -0.0563. The number of nitrogens with two attached hydrogens (primary N) is 1. The van der Waals surface area contributed by atoms with Crippen molar-refractivity contribution in [3.05, 3.63) is 10.4 Å². The molecule has 0 aromatic carbocycles. The van der Waals surface area contributed by atoms with Crippen LogP contribution in [0.5, 0.6) is 0 Å². The minimum Gasteiger partial charge on any atom is -0.397 e. The fraction of sp³-hybridized carbons (Fsp3) is 0.667. The van der Waals surface area contributed by atoms with Gasteiger partial charge in [0.25, 0.3) is 5.91 Å². The van der Waals surface area contributed by atoms with Crippen LogP contribution < -0.4 is 16.4 Å². The van der Waals surface area contributed by atoms with Crippen molar-refractivity contribution in [2.24, 2.45) is 5.92 Å². The van der Waals surface area contributed by atoms with Gasteiger partial charge in [-0.1, -0.05) is 0 Å². The fourth-order valence-electron chi connectivity index (χ4n) is 2.76. The average molecular weight is 309 g/mol. The molecule has 1 aliphatic carbocycles. The van der Waals surface area contributed by atoms with E-state index in [4.69, 9.17) is 10.5 Å². The third kappa shape index (κ3) is 3.16. The summed E-state index contributed by atoms with van der Waals surface area (Å²) < 4.78 is 5.41. The third-order valence-electron chi connectivity index (χ3n) is 4.09. The lowest BCUT2D eigenvalue weighted by Crippen LogP contribution is -2.22. The summed E-state index contributed by atoms with van der Waals surface area (Å²) in [5, 5.41) is 7.44. The van der Waals surface area contributed by atoms with E-state index in [0.717, 1.165) is 31.2 Å². The second kappa shape index (κ2) is 6.23. The first kappa shape index (κ1) is 14.7. The Bertz CT molecular complexity index is 519. The number of thiophene rings is 1. The number of anilines is 2. The number of hydrogen-bond donors (Lipinski definition) is 3. The molecule has 1 saturated carbocycles. The molecule has 116 valence electrons. The Labute approximate surface area is 129 Å². The number of amides is 1. The lowest BCUT2D eigenvalue weighted by Gasteiger charge is -2.11. The van der Waals surface area contributed by atoms with E-state index in [9.17, 15) is 4.79 Å². The van der Waals surface area contributed by atoms with E-state index in [1.807, 2.05) is 6.92 Å². The van der Waals surface area contributed by atoms with Crippen LogP contribution in [0.3, 0.4) is 0 Å². The van der Waals surface area contributed by atoms with Crippen molar-refractivity contribution >= 4 is 27.9 Å². The topological polar surface area (TPSA) is 76.4 Å². The summed E-state index contributed by atoms with van der Waals surface area (Å²) in [4.78, 5) is 12.8. The molecule has 5 nitrogen and oxygen atoms in total. The zero-order chi connectivity index (χ0) is 14.8. The first-order chi connectivity index (χ1) is 10.2. The predicted octanol–water partition coefficient (Wildman–Crippen LogP) is 2.41. The Balaban J connectivity index is 1.77. The number of carbonyl (C=O) groups excluding carboxylic acids is 1. The van der Waals surface area contributed by atoms with Gasteiger partial charge in [0, 0.05) is 31.2 Å². The molecule has 21 heavy (non-hydrogen) atoms. The van der Waals surface area contributed by atoms with Gasteiger partial charge < -0.3 is 21.1 Å². The molecule has 2 fully saturated rings. The van der Waals surface area contributed by atoms with Crippen LogP contribution in [0.25, 0.3) is 0 Å². The van der Waals surface area contributed by atoms with Gasteiger partial charge >= 0.3 is 0 Å². The number of nitrogen functional groups attached to an aromatic ring is 1. The van der Waals surface area contributed by atoms with Crippen molar-refractivity contribution in [3.8, 4) is 0 Å². The predicted molar refractivity (Wildman–Crippen MR) is 86.1 cm³/mol. The molecule has 2 aliphatic rings. The lowest BCUT2D eigenvalue weighted by molar-refractivity contribution is 0.0960. The van der Waals surface area contributed by atoms with Crippen LogP contribution in [-0.2, 0) is 4.74 Å². The highest BCUT2D eigenvalue weighted by atomic mass is 32.1. The summed E-state index contributed by atoms with van der Waals surface area (Å²) in [5.41, 5.74) is 8.09. The fourth-order valence-corrected chi connectivity index (χ4v) is 3.89. The van der Waals surface area contributed by atoms with Gasteiger partial charge in [-0.15, -0.1) is 11.3 Å². The molecule has 1 amide bonds. The molecule has 1 aromatic heterocycles. The van der Waals surface area contributed by atoms with Crippen molar-refractivity contribution in [2.45, 2.75) is 32.1 Å². The van der Waals surface area contributed by atoms with Gasteiger partial charge in [-0.3, -0.25) is 4.79 Å². The molecule has 1 aromatic rings. The molecule has 3 rings (SSSR count). The minimum absolute atomic E-state index is 0.0563. The Kier molecular flexibility index (Phi) is 4.35. The van der Waals surface area contributed by atoms with Gasteiger partial charge in [0.05, 0.1) is 17.3 Å². The molecular weight excluding hydrogens is 286 g/mol. The van der Waals surface area contributed by atoms with E-state index < -0.39 is 0 Å². The molecular formula is C15H23N3O2S. The number of hydrogen-bond acceptors (Lipinski definition) is 5. The van der Waals surface area contributed by atoms with E-state index in [2.05, 4.69) is 10.6 Å². The zero-order valence-corrected chi connectivity index (χ0v) is 13.2. The Morgan fingerprint density at radius 1 is 1.43 bits per heavy atom. The van der Waals surface area contributed by atoms with Crippen molar-refractivity contribution in [3.63, 3.8) is 0 Å². The van der Waals surface area contributed by atoms with Crippen LogP contribution >= 0.6 is 11.3 Å². The van der Waals surface area contributed by atoms with Crippen LogP contribution in [-0.4, -0.2) is 32.2 Å². The Morgan fingerprint density at radius 3 is 2.86 bits per heavy atom. The maximum absolute atomic E-state index is 12.1. The highest BCUT2D eigenvalue weighted by Crippen LogP contribution is 2.50. The largest absolute Gasteiger partial charge is 0.397 e. The van der Waals surface area contributed by atoms with Crippen molar-refractivity contribution in [1.82, 2.24) is 5.32 Å². The average Bonchev–Trinajstić information content (AvgIpc) is 3.05. The third-order valence-corrected chi connectivity index (χ3v) is 5.27. The highest BCUT2D eigenvalue weighted by molar-refractivity contribution is 7.18. The second-order valence-corrected chi connectivity index (χ2v) is 6.85. The van der Waals surface area contributed by atoms with Crippen LogP contribution in [0.1, 0.15) is 47.3 Å². The van der Waals surface area contributed by atoms with E-state index >= 15 is 0 Å². The van der Waals surface area contributed by atoms with Crippen molar-refractivity contribution in [1.29, 1.82) is 0 Å². The standard InChI is InChI=1S/C15H23N3O2S/c1-2-17-14(19)13-12(16)11(10-3-4-10)15(21-13)18-7-9-5-6-20-8-9/h9-10,18H,2-8,16H2,1H3,(H,17,19). The first-order valence-corrected chi connectivity index (χ1v) is 8.54. The summed E-state index contributed by atoms with van der Waals surface area (Å²) >= 11 is 1.50. The quantitative estimate of drug-likeness (QED) is 0.754. The van der Waals surface area contributed by atoms with Crippen molar-refractivity contribution < 1.29 is 9.53 Å². The highest BCUT2D eigenvalue weighted by Gasteiger charge is 2.33. The van der Waals surface area contributed by atoms with Gasteiger partial charge in [-0.05, 0) is 32.1 Å². The normalized spacial score (nSPS) is 21.5. The summed E-state index contributed by atoms with van der Waals surface area (Å²) in [5.74, 6) is 1.04. The van der Waals surface area contributed by atoms with E-state index in [-0.39, 0.29) is 5.91 Å². The zero-order valence-electron chi connectivity index (χ0n) is 12.4. The molecule has 1 unspecified atom stereocenters. The van der Waals surface area contributed by atoms with Crippen LogP contribution in [0.4, 0.5) is 10.7 Å². The SMILES string of the molecule is CCNC(=O)c1sc(NCC2CCOC2)c(C2CC2)c1N. The van der Waals surface area contributed by atoms with Crippen LogP contribution in [0, 0.1) is 5.92 Å². The van der Waals surface area contributed by atoms with E-state index in [0.29, 0.717) is 28.9 Å². The molecule has 1 saturated heterocycles. The summed E-state index contributed by atoms with van der Waals surface area (Å²) in [6, 6.07) is 0. The smallest absolute Gasteiger partial charge is 0.263 e. The molecule has 0 spiro atoms. The van der Waals surface area contributed by atoms with Crippen LogP contribution in [0.15, 0.2) is 0 Å². The molecule has 0 radical (unpaired) electrons. The lowest BCUT2D eigenvalue weighted by atomic mass is 10.1. The number of nitrogens with one attached hydrogen (secondary N) is 2. The van der Waals surface area contributed by atoms with E-state index in [1.165, 1.54) is 29.7 Å². The maximum Gasteiger partial charge on any atom is 0.263 e. The molecule has 6 heteroatoms. The summed E-state index contributed by atoms with van der Waals surface area (Å²) in [6.45, 7) is 5.13. The molecule has 1 aliphatic heterocycles. The molecule has 1 atom stereocenters.